The van der Waals surface area contributed by atoms with Gasteiger partial charge in [-0.1, -0.05) is 0 Å². The summed E-state index contributed by atoms with van der Waals surface area (Å²) in [5.41, 5.74) is 1.70. The first-order chi connectivity index (χ1) is 13.4. The highest BCUT2D eigenvalue weighted by atomic mass is 19.1. The number of carbonyl (C=O) groups excluding carboxylic acids is 1. The molecule has 2 aliphatic rings. The number of rotatable bonds is 3. The first kappa shape index (κ1) is 18.6. The minimum absolute atomic E-state index is 0.120. The maximum atomic E-state index is 14.1. The summed E-state index contributed by atoms with van der Waals surface area (Å²) >= 11 is 0. The van der Waals surface area contributed by atoms with Crippen LogP contribution in [0.15, 0.2) is 18.2 Å². The lowest BCUT2D eigenvalue weighted by Crippen LogP contribution is -2.38. The largest absolute Gasteiger partial charge is 0.362 e. The number of halogens is 2. The zero-order valence-corrected chi connectivity index (χ0v) is 16.1. The molecule has 0 N–H and O–H groups in total. The minimum Gasteiger partial charge on any atom is -0.362 e. The Morgan fingerprint density at radius 1 is 1.11 bits per heavy atom. The third-order valence-corrected chi connectivity index (χ3v) is 5.29. The fraction of sp³-hybridized carbons (Fsp3) is 0.450. The van der Waals surface area contributed by atoms with Crippen LogP contribution >= 0.6 is 0 Å². The van der Waals surface area contributed by atoms with Crippen molar-refractivity contribution in [3.05, 3.63) is 46.7 Å². The summed E-state index contributed by atoms with van der Waals surface area (Å²) in [6.45, 7) is 2.66. The van der Waals surface area contributed by atoms with E-state index >= 15 is 0 Å². The second-order valence-corrected chi connectivity index (χ2v) is 7.46. The van der Waals surface area contributed by atoms with E-state index < -0.39 is 17.5 Å². The molecule has 148 valence electrons. The van der Waals surface area contributed by atoms with E-state index in [2.05, 4.69) is 4.90 Å². The number of carbonyl (C=O) groups is 1. The zero-order valence-electron chi connectivity index (χ0n) is 16.1. The molecule has 1 saturated heterocycles. The van der Waals surface area contributed by atoms with Gasteiger partial charge in [0.2, 0.25) is 5.95 Å². The molecule has 6 nitrogen and oxygen atoms in total. The van der Waals surface area contributed by atoms with Crippen molar-refractivity contribution in [1.29, 1.82) is 0 Å². The highest BCUT2D eigenvalue weighted by Crippen LogP contribution is 2.30. The summed E-state index contributed by atoms with van der Waals surface area (Å²) in [6, 6.07) is 3.04. The van der Waals surface area contributed by atoms with Gasteiger partial charge in [-0.2, -0.15) is 4.98 Å². The molecule has 0 atom stereocenters. The first-order valence-electron chi connectivity index (χ1n) is 9.50. The van der Waals surface area contributed by atoms with Gasteiger partial charge < -0.3 is 14.7 Å². The van der Waals surface area contributed by atoms with Crippen LogP contribution in [0, 0.1) is 11.6 Å². The van der Waals surface area contributed by atoms with Crippen molar-refractivity contribution < 1.29 is 13.6 Å². The van der Waals surface area contributed by atoms with E-state index in [1.165, 1.54) is 6.07 Å². The molecule has 0 bridgehead atoms. The van der Waals surface area contributed by atoms with Gasteiger partial charge in [-0.05, 0) is 25.0 Å². The average molecular weight is 387 g/mol. The molecule has 1 fully saturated rings. The lowest BCUT2D eigenvalue weighted by molar-refractivity contribution is 0.0729. The number of nitrogens with zero attached hydrogens (tertiary/aromatic N) is 5. The monoisotopic (exact) mass is 387 g/mol. The molecule has 0 saturated carbocycles. The van der Waals surface area contributed by atoms with Crippen LogP contribution in [-0.4, -0.2) is 54.5 Å². The molecule has 2 aliphatic heterocycles. The molecule has 0 unspecified atom stereocenters. The van der Waals surface area contributed by atoms with Crippen LogP contribution in [0.1, 0.15) is 34.5 Å². The van der Waals surface area contributed by atoms with Crippen LogP contribution < -0.4 is 9.80 Å². The number of fused-ring (bicyclic) bond motifs is 1. The number of hydrogen-bond acceptors (Lipinski definition) is 5. The zero-order chi connectivity index (χ0) is 19.8. The molecule has 1 aromatic heterocycles. The summed E-state index contributed by atoms with van der Waals surface area (Å²) in [6.07, 6.45) is 2.86. The molecular formula is C20H23F2N5O. The van der Waals surface area contributed by atoms with Gasteiger partial charge in [0.1, 0.15) is 17.5 Å². The summed E-state index contributed by atoms with van der Waals surface area (Å²) < 4.78 is 27.2. The molecule has 1 aromatic carbocycles. The Labute approximate surface area is 162 Å². The first-order valence-corrected chi connectivity index (χ1v) is 9.50. The third kappa shape index (κ3) is 3.39. The summed E-state index contributed by atoms with van der Waals surface area (Å²) in [7, 11) is 3.83. The SMILES string of the molecule is CN(C)c1nc(N2CCCC2)nc2c1CN(C(=O)c1ccc(F)cc1F)CC2. The van der Waals surface area contributed by atoms with E-state index in [0.717, 1.165) is 61.1 Å². The number of aromatic nitrogens is 2. The van der Waals surface area contributed by atoms with Crippen molar-refractivity contribution in [2.75, 3.05) is 43.5 Å². The van der Waals surface area contributed by atoms with Crippen molar-refractivity contribution in [3.63, 3.8) is 0 Å². The maximum absolute atomic E-state index is 14.1. The summed E-state index contributed by atoms with van der Waals surface area (Å²) in [5.74, 6) is -0.468. The number of amides is 1. The van der Waals surface area contributed by atoms with Crippen LogP contribution in [0.3, 0.4) is 0 Å². The maximum Gasteiger partial charge on any atom is 0.257 e. The highest BCUT2D eigenvalue weighted by Gasteiger charge is 2.29. The quantitative estimate of drug-likeness (QED) is 0.811. The minimum atomic E-state index is -0.843. The van der Waals surface area contributed by atoms with Gasteiger partial charge in [0.15, 0.2) is 0 Å². The number of anilines is 2. The normalized spacial score (nSPS) is 16.3. The molecule has 0 radical (unpaired) electrons. The molecule has 8 heteroatoms. The van der Waals surface area contributed by atoms with Gasteiger partial charge in [0.05, 0.1) is 17.8 Å². The standard InChI is InChI=1S/C20H23F2N5O/c1-25(2)18-15-12-27(19(28)14-6-5-13(21)11-16(14)22)10-7-17(15)23-20(24-18)26-8-3-4-9-26/h5-6,11H,3-4,7-10,12H2,1-2H3. The van der Waals surface area contributed by atoms with E-state index in [4.69, 9.17) is 9.97 Å². The third-order valence-electron chi connectivity index (χ3n) is 5.29. The van der Waals surface area contributed by atoms with Crippen LogP contribution in [0.25, 0.3) is 0 Å². The van der Waals surface area contributed by atoms with E-state index in [1.807, 2.05) is 19.0 Å². The Bertz CT molecular complexity index is 912. The molecule has 0 aliphatic carbocycles. The summed E-state index contributed by atoms with van der Waals surface area (Å²) in [5, 5.41) is 0. The Kier molecular flexibility index (Phi) is 4.87. The molecular weight excluding hydrogens is 364 g/mol. The Morgan fingerprint density at radius 3 is 2.54 bits per heavy atom. The highest BCUT2D eigenvalue weighted by molar-refractivity contribution is 5.94. The number of benzene rings is 1. The molecule has 28 heavy (non-hydrogen) atoms. The molecule has 0 spiro atoms. The van der Waals surface area contributed by atoms with Crippen molar-refractivity contribution >= 4 is 17.7 Å². The van der Waals surface area contributed by atoms with Crippen LogP contribution in [-0.2, 0) is 13.0 Å². The topological polar surface area (TPSA) is 52.6 Å². The lowest BCUT2D eigenvalue weighted by atomic mass is 10.0. The van der Waals surface area contributed by atoms with Crippen molar-refractivity contribution in [2.45, 2.75) is 25.8 Å². The van der Waals surface area contributed by atoms with Gasteiger partial charge in [-0.25, -0.2) is 13.8 Å². The van der Waals surface area contributed by atoms with E-state index in [-0.39, 0.29) is 5.56 Å². The lowest BCUT2D eigenvalue weighted by Gasteiger charge is -2.32. The fourth-order valence-corrected chi connectivity index (χ4v) is 3.82. The van der Waals surface area contributed by atoms with Gasteiger partial charge in [0, 0.05) is 51.8 Å². The molecule has 1 amide bonds. The predicted octanol–water partition coefficient (Wildman–Crippen LogP) is 2.62. The Hall–Kier alpha value is -2.77. The van der Waals surface area contributed by atoms with Gasteiger partial charge in [-0.3, -0.25) is 4.79 Å². The fourth-order valence-electron chi connectivity index (χ4n) is 3.82. The van der Waals surface area contributed by atoms with Gasteiger partial charge in [0.25, 0.3) is 5.91 Å². The smallest absolute Gasteiger partial charge is 0.257 e. The van der Waals surface area contributed by atoms with Crippen molar-refractivity contribution in [3.8, 4) is 0 Å². The van der Waals surface area contributed by atoms with E-state index in [9.17, 15) is 13.6 Å². The second kappa shape index (κ2) is 7.33. The van der Waals surface area contributed by atoms with Crippen LogP contribution in [0.5, 0.6) is 0 Å². The van der Waals surface area contributed by atoms with E-state index in [1.54, 1.807) is 4.90 Å². The predicted molar refractivity (Wildman–Crippen MR) is 103 cm³/mol. The van der Waals surface area contributed by atoms with E-state index in [0.29, 0.717) is 19.5 Å². The van der Waals surface area contributed by atoms with Gasteiger partial charge >= 0.3 is 0 Å². The van der Waals surface area contributed by atoms with Crippen LogP contribution in [0.2, 0.25) is 0 Å². The summed E-state index contributed by atoms with van der Waals surface area (Å²) in [4.78, 5) is 28.0. The van der Waals surface area contributed by atoms with Crippen LogP contribution in [0.4, 0.5) is 20.5 Å². The Balaban J connectivity index is 1.64. The molecule has 3 heterocycles. The van der Waals surface area contributed by atoms with Crippen molar-refractivity contribution in [2.24, 2.45) is 0 Å². The van der Waals surface area contributed by atoms with Crippen molar-refractivity contribution in [1.82, 2.24) is 14.9 Å². The number of hydrogen-bond donors (Lipinski definition) is 0. The van der Waals surface area contributed by atoms with Gasteiger partial charge in [-0.15, -0.1) is 0 Å². The Morgan fingerprint density at radius 2 is 1.86 bits per heavy atom. The molecule has 2 aromatic rings. The average Bonchev–Trinajstić information content (AvgIpc) is 3.21. The molecule has 4 rings (SSSR count). The second-order valence-electron chi connectivity index (χ2n) is 7.46.